The van der Waals surface area contributed by atoms with E-state index in [0.717, 1.165) is 31.5 Å². The number of hydrogen-bond acceptors (Lipinski definition) is 5. The van der Waals surface area contributed by atoms with Gasteiger partial charge < -0.3 is 10.0 Å². The summed E-state index contributed by atoms with van der Waals surface area (Å²) in [5.41, 5.74) is 1.50. The maximum absolute atomic E-state index is 13.1. The number of nitrogens with zero attached hydrogens (tertiary/aromatic N) is 4. The zero-order valence-electron chi connectivity index (χ0n) is 14.1. The summed E-state index contributed by atoms with van der Waals surface area (Å²) in [4.78, 5) is 6.67. The number of anilines is 1. The minimum atomic E-state index is -0.272. The second kappa shape index (κ2) is 7.21. The summed E-state index contributed by atoms with van der Waals surface area (Å²) in [6.45, 7) is 5.72. The van der Waals surface area contributed by atoms with Crippen molar-refractivity contribution in [3.05, 3.63) is 36.3 Å². The third kappa shape index (κ3) is 3.70. The Morgan fingerprint density at radius 3 is 2.46 bits per heavy atom. The second-order valence-electron chi connectivity index (χ2n) is 6.71. The third-order valence-electron chi connectivity index (χ3n) is 4.68. The molecule has 0 bridgehead atoms. The van der Waals surface area contributed by atoms with Crippen LogP contribution in [0.25, 0.3) is 11.3 Å². The second-order valence-corrected chi connectivity index (χ2v) is 6.71. The van der Waals surface area contributed by atoms with Gasteiger partial charge in [-0.2, -0.15) is 5.10 Å². The molecule has 6 heteroatoms. The van der Waals surface area contributed by atoms with Gasteiger partial charge in [-0.05, 0) is 48.9 Å². The van der Waals surface area contributed by atoms with Gasteiger partial charge in [0.05, 0.1) is 18.0 Å². The topological polar surface area (TPSA) is 62.1 Å². The van der Waals surface area contributed by atoms with Crippen molar-refractivity contribution in [2.24, 2.45) is 11.8 Å². The van der Waals surface area contributed by atoms with Gasteiger partial charge in [-0.25, -0.2) is 9.37 Å². The average Bonchev–Trinajstić information content (AvgIpc) is 2.62. The Balaban J connectivity index is 1.70. The molecule has 1 saturated heterocycles. The molecule has 1 aliphatic rings. The normalized spacial score (nSPS) is 17.3. The van der Waals surface area contributed by atoms with E-state index in [1.54, 1.807) is 18.3 Å². The molecule has 0 aliphatic carbocycles. The van der Waals surface area contributed by atoms with Crippen LogP contribution in [0.15, 0.2) is 30.5 Å². The van der Waals surface area contributed by atoms with E-state index in [4.69, 9.17) is 0 Å². The highest BCUT2D eigenvalue weighted by Crippen LogP contribution is 2.27. The van der Waals surface area contributed by atoms with Gasteiger partial charge in [-0.15, -0.1) is 5.10 Å². The molecule has 24 heavy (non-hydrogen) atoms. The van der Waals surface area contributed by atoms with E-state index < -0.39 is 0 Å². The van der Waals surface area contributed by atoms with Crippen molar-refractivity contribution in [1.29, 1.82) is 0 Å². The molecule has 2 heterocycles. The molecule has 3 rings (SSSR count). The van der Waals surface area contributed by atoms with Gasteiger partial charge in [-0.3, -0.25) is 0 Å². The Morgan fingerprint density at radius 2 is 1.83 bits per heavy atom. The number of benzene rings is 1. The fourth-order valence-corrected chi connectivity index (χ4v) is 3.17. The van der Waals surface area contributed by atoms with Crippen molar-refractivity contribution in [3.63, 3.8) is 0 Å². The number of aliphatic hydroxyl groups excluding tert-OH is 1. The highest BCUT2D eigenvalue weighted by atomic mass is 19.1. The minimum Gasteiger partial charge on any atom is -0.393 e. The molecule has 0 amide bonds. The van der Waals surface area contributed by atoms with Crippen LogP contribution in [0, 0.1) is 17.7 Å². The monoisotopic (exact) mass is 330 g/mol. The Bertz CT molecular complexity index is 669. The number of halogens is 1. The smallest absolute Gasteiger partial charge is 0.245 e. The van der Waals surface area contributed by atoms with Gasteiger partial charge in [0, 0.05) is 18.7 Å². The summed E-state index contributed by atoms with van der Waals surface area (Å²) < 4.78 is 13.1. The first-order valence-corrected chi connectivity index (χ1v) is 8.43. The molecule has 1 fully saturated rings. The highest BCUT2D eigenvalue weighted by Gasteiger charge is 2.28. The molecule has 0 spiro atoms. The van der Waals surface area contributed by atoms with Gasteiger partial charge >= 0.3 is 0 Å². The standard InChI is InChI=1S/C18H23FN4O/c1-12(2)17(24)14-7-9-23(10-8-14)18-21-16(11-20-22-18)13-3-5-15(19)6-4-13/h3-6,11-12,14,17,24H,7-10H2,1-2H3. The van der Waals surface area contributed by atoms with Crippen molar-refractivity contribution >= 4 is 5.95 Å². The largest absolute Gasteiger partial charge is 0.393 e. The van der Waals surface area contributed by atoms with Crippen molar-refractivity contribution < 1.29 is 9.50 Å². The molecular formula is C18H23FN4O. The quantitative estimate of drug-likeness (QED) is 0.934. The van der Waals surface area contributed by atoms with Gasteiger partial charge in [0.2, 0.25) is 5.95 Å². The van der Waals surface area contributed by atoms with E-state index in [-0.39, 0.29) is 17.8 Å². The van der Waals surface area contributed by atoms with Crippen LogP contribution in [-0.4, -0.2) is 39.5 Å². The van der Waals surface area contributed by atoms with Crippen LogP contribution in [0.1, 0.15) is 26.7 Å². The molecule has 0 saturated carbocycles. The number of hydrogen-bond donors (Lipinski definition) is 1. The maximum atomic E-state index is 13.1. The number of aliphatic hydroxyl groups is 1. The SMILES string of the molecule is CC(C)C(O)C1CCN(c2nncc(-c3ccc(F)cc3)n2)CC1. The Hall–Kier alpha value is -2.08. The minimum absolute atomic E-state index is 0.253. The first-order valence-electron chi connectivity index (χ1n) is 8.43. The lowest BCUT2D eigenvalue weighted by atomic mass is 9.86. The van der Waals surface area contributed by atoms with E-state index >= 15 is 0 Å². The van der Waals surface area contributed by atoms with Crippen LogP contribution in [-0.2, 0) is 0 Å². The molecule has 1 unspecified atom stereocenters. The van der Waals surface area contributed by atoms with Gasteiger partial charge in [0.25, 0.3) is 0 Å². The molecule has 2 aromatic rings. The third-order valence-corrected chi connectivity index (χ3v) is 4.68. The van der Waals surface area contributed by atoms with E-state index in [9.17, 15) is 9.50 Å². The van der Waals surface area contributed by atoms with Crippen molar-refractivity contribution in [2.75, 3.05) is 18.0 Å². The van der Waals surface area contributed by atoms with Gasteiger partial charge in [0.15, 0.2) is 0 Å². The summed E-state index contributed by atoms with van der Waals surface area (Å²) in [7, 11) is 0. The number of aromatic nitrogens is 3. The van der Waals surface area contributed by atoms with Crippen molar-refractivity contribution in [2.45, 2.75) is 32.8 Å². The van der Waals surface area contributed by atoms with Crippen LogP contribution in [0.4, 0.5) is 10.3 Å². The fourth-order valence-electron chi connectivity index (χ4n) is 3.17. The maximum Gasteiger partial charge on any atom is 0.245 e. The lowest BCUT2D eigenvalue weighted by Crippen LogP contribution is -2.40. The van der Waals surface area contributed by atoms with Crippen LogP contribution >= 0.6 is 0 Å². The van der Waals surface area contributed by atoms with E-state index in [0.29, 0.717) is 17.6 Å². The van der Waals surface area contributed by atoms with Crippen molar-refractivity contribution in [3.8, 4) is 11.3 Å². The lowest BCUT2D eigenvalue weighted by molar-refractivity contribution is 0.0525. The summed E-state index contributed by atoms with van der Waals surface area (Å²) in [5.74, 6) is 0.928. The first-order chi connectivity index (χ1) is 11.5. The summed E-state index contributed by atoms with van der Waals surface area (Å²) in [6, 6.07) is 6.20. The van der Waals surface area contributed by atoms with Crippen LogP contribution in [0.5, 0.6) is 0 Å². The van der Waals surface area contributed by atoms with Crippen LogP contribution in [0.3, 0.4) is 0 Å². The molecule has 1 aromatic carbocycles. The molecule has 5 nitrogen and oxygen atoms in total. The lowest BCUT2D eigenvalue weighted by Gasteiger charge is -2.35. The van der Waals surface area contributed by atoms with Gasteiger partial charge in [-0.1, -0.05) is 13.8 Å². The zero-order valence-corrected chi connectivity index (χ0v) is 14.1. The fraction of sp³-hybridized carbons (Fsp3) is 0.500. The summed E-state index contributed by atoms with van der Waals surface area (Å²) >= 11 is 0. The Morgan fingerprint density at radius 1 is 1.17 bits per heavy atom. The van der Waals surface area contributed by atoms with Crippen LogP contribution in [0.2, 0.25) is 0 Å². The Kier molecular flexibility index (Phi) is 5.04. The average molecular weight is 330 g/mol. The molecule has 1 aliphatic heterocycles. The molecular weight excluding hydrogens is 307 g/mol. The summed E-state index contributed by atoms with van der Waals surface area (Å²) in [6.07, 6.45) is 3.18. The summed E-state index contributed by atoms with van der Waals surface area (Å²) in [5, 5.41) is 18.4. The van der Waals surface area contributed by atoms with Gasteiger partial charge in [0.1, 0.15) is 5.82 Å². The van der Waals surface area contributed by atoms with Crippen LogP contribution < -0.4 is 4.90 Å². The zero-order chi connectivity index (χ0) is 17.1. The van der Waals surface area contributed by atoms with Crippen molar-refractivity contribution in [1.82, 2.24) is 15.2 Å². The molecule has 1 aromatic heterocycles. The predicted octanol–water partition coefficient (Wildman–Crippen LogP) is 2.91. The molecule has 0 radical (unpaired) electrons. The predicted molar refractivity (Wildman–Crippen MR) is 91.0 cm³/mol. The first kappa shape index (κ1) is 16.8. The number of piperidine rings is 1. The Labute approximate surface area is 141 Å². The molecule has 128 valence electrons. The molecule has 1 N–H and O–H groups in total. The highest BCUT2D eigenvalue weighted by molar-refractivity contribution is 5.59. The number of rotatable bonds is 4. The van der Waals surface area contributed by atoms with E-state index in [1.807, 2.05) is 0 Å². The van der Waals surface area contributed by atoms with E-state index in [1.165, 1.54) is 12.1 Å². The van der Waals surface area contributed by atoms with E-state index in [2.05, 4.69) is 33.9 Å². The molecule has 1 atom stereocenters.